The second-order valence-corrected chi connectivity index (χ2v) is 5.82. The molecule has 9 heteroatoms. The summed E-state index contributed by atoms with van der Waals surface area (Å²) in [6.07, 6.45) is 0.785. The van der Waals surface area contributed by atoms with Crippen LogP contribution in [0.4, 0.5) is 14.5 Å². The van der Waals surface area contributed by atoms with Gasteiger partial charge in [0.1, 0.15) is 0 Å². The number of anilines is 1. The number of carbonyl (C=O) groups excluding carboxylic acids is 1. The van der Waals surface area contributed by atoms with Gasteiger partial charge >= 0.3 is 0 Å². The maximum Gasteiger partial charge on any atom is 0.288 e. The number of carbonyl (C=O) groups is 1. The van der Waals surface area contributed by atoms with E-state index in [-0.39, 0.29) is 12.4 Å². The maximum atomic E-state index is 12.6. The van der Waals surface area contributed by atoms with E-state index in [0.29, 0.717) is 34.6 Å². The highest BCUT2D eigenvalue weighted by Crippen LogP contribution is 2.32. The molecular weight excluding hydrogens is 346 g/mol. The molecule has 1 amide bonds. The van der Waals surface area contributed by atoms with Gasteiger partial charge in [-0.05, 0) is 12.1 Å². The van der Waals surface area contributed by atoms with E-state index in [1.54, 1.807) is 24.3 Å². The number of fused-ring (bicyclic) bond motifs is 1. The van der Waals surface area contributed by atoms with Gasteiger partial charge in [0.05, 0.1) is 5.69 Å². The van der Waals surface area contributed by atoms with E-state index in [2.05, 4.69) is 20.8 Å². The summed E-state index contributed by atoms with van der Waals surface area (Å²) in [6.45, 7) is 1.41. The van der Waals surface area contributed by atoms with Crippen molar-refractivity contribution >= 4 is 35.8 Å². The number of benzene rings is 1. The number of aromatic amines is 1. The molecule has 0 spiro atoms. The van der Waals surface area contributed by atoms with E-state index in [4.69, 9.17) is 0 Å². The molecule has 1 aliphatic heterocycles. The van der Waals surface area contributed by atoms with E-state index < -0.39 is 11.7 Å². The molecule has 5 nitrogen and oxygen atoms in total. The number of H-pyrrole nitrogens is 1. The minimum absolute atomic E-state index is 0. The first kappa shape index (κ1) is 17.7. The van der Waals surface area contributed by atoms with Gasteiger partial charge in [0, 0.05) is 35.7 Å². The molecule has 0 atom stereocenters. The first-order valence-corrected chi connectivity index (χ1v) is 7.65. The fraction of sp³-hybridized carbons (Fsp3) is 0.286. The van der Waals surface area contributed by atoms with Gasteiger partial charge in [0.2, 0.25) is 0 Å². The lowest BCUT2D eigenvalue weighted by Gasteiger charge is -2.13. The summed E-state index contributed by atoms with van der Waals surface area (Å²) < 4.78 is 25.1. The van der Waals surface area contributed by atoms with Crippen LogP contribution in [0.15, 0.2) is 29.2 Å². The zero-order valence-corrected chi connectivity index (χ0v) is 13.6. The molecule has 0 bridgehead atoms. The minimum Gasteiger partial charge on any atom is -0.320 e. The van der Waals surface area contributed by atoms with E-state index in [1.165, 1.54) is 0 Å². The van der Waals surface area contributed by atoms with Gasteiger partial charge in [-0.2, -0.15) is 13.9 Å². The number of para-hydroxylation sites is 1. The highest BCUT2D eigenvalue weighted by Gasteiger charge is 2.22. The van der Waals surface area contributed by atoms with Crippen molar-refractivity contribution in [3.8, 4) is 0 Å². The van der Waals surface area contributed by atoms with E-state index in [0.717, 1.165) is 24.2 Å². The fourth-order valence-corrected chi connectivity index (χ4v) is 2.96. The molecule has 0 aliphatic carbocycles. The Bertz CT molecular complexity index is 695. The van der Waals surface area contributed by atoms with Crippen molar-refractivity contribution in [3.63, 3.8) is 0 Å². The van der Waals surface area contributed by atoms with Crippen LogP contribution in [0.2, 0.25) is 0 Å². The number of halogens is 3. The van der Waals surface area contributed by atoms with Crippen LogP contribution in [0, 0.1) is 0 Å². The van der Waals surface area contributed by atoms with Crippen molar-refractivity contribution in [2.45, 2.75) is 23.6 Å². The monoisotopic (exact) mass is 360 g/mol. The van der Waals surface area contributed by atoms with Gasteiger partial charge < -0.3 is 10.6 Å². The molecule has 0 fully saturated rings. The molecule has 2 heterocycles. The van der Waals surface area contributed by atoms with Gasteiger partial charge in [0.25, 0.3) is 11.7 Å². The van der Waals surface area contributed by atoms with Gasteiger partial charge in [-0.3, -0.25) is 9.89 Å². The van der Waals surface area contributed by atoms with Gasteiger partial charge in [-0.15, -0.1) is 12.4 Å². The van der Waals surface area contributed by atoms with E-state index in [9.17, 15) is 13.6 Å². The predicted octanol–water partition coefficient (Wildman–Crippen LogP) is 3.04. The van der Waals surface area contributed by atoms with Crippen molar-refractivity contribution in [2.75, 3.05) is 11.9 Å². The zero-order chi connectivity index (χ0) is 15.5. The van der Waals surface area contributed by atoms with Gasteiger partial charge in [-0.1, -0.05) is 23.9 Å². The highest BCUT2D eigenvalue weighted by atomic mass is 35.5. The third-order valence-corrected chi connectivity index (χ3v) is 4.16. The molecule has 3 N–H and O–H groups in total. The molecule has 0 radical (unpaired) electrons. The average Bonchev–Trinajstić information content (AvgIpc) is 2.93. The topological polar surface area (TPSA) is 69.8 Å². The Balaban J connectivity index is 0.00000192. The Morgan fingerprint density at radius 2 is 2.13 bits per heavy atom. The first-order valence-electron chi connectivity index (χ1n) is 6.77. The van der Waals surface area contributed by atoms with Crippen molar-refractivity contribution in [1.82, 2.24) is 15.5 Å². The highest BCUT2D eigenvalue weighted by molar-refractivity contribution is 7.99. The summed E-state index contributed by atoms with van der Waals surface area (Å²) in [7, 11) is 0. The number of aromatic nitrogens is 2. The summed E-state index contributed by atoms with van der Waals surface area (Å²) in [6, 6.07) is 6.49. The quantitative estimate of drug-likeness (QED) is 0.733. The SMILES string of the molecule is Cl.O=C(Nc1ccccc1SC(F)F)c1n[nH]c2c1CNCC2. The van der Waals surface area contributed by atoms with Crippen LogP contribution in [-0.2, 0) is 13.0 Å². The number of rotatable bonds is 4. The maximum absolute atomic E-state index is 12.6. The summed E-state index contributed by atoms with van der Waals surface area (Å²) in [5.74, 6) is -2.94. The van der Waals surface area contributed by atoms with Crippen molar-refractivity contribution in [3.05, 3.63) is 41.2 Å². The van der Waals surface area contributed by atoms with Crippen LogP contribution in [0.1, 0.15) is 21.7 Å². The fourth-order valence-electron chi connectivity index (χ4n) is 2.36. The van der Waals surface area contributed by atoms with Crippen LogP contribution < -0.4 is 10.6 Å². The normalized spacial score (nSPS) is 13.3. The zero-order valence-electron chi connectivity index (χ0n) is 11.9. The Morgan fingerprint density at radius 3 is 2.91 bits per heavy atom. The third kappa shape index (κ3) is 4.01. The molecule has 0 saturated heterocycles. The molecule has 2 aromatic rings. The second kappa shape index (κ2) is 7.76. The number of nitrogens with one attached hydrogen (secondary N) is 3. The Morgan fingerprint density at radius 1 is 1.35 bits per heavy atom. The molecule has 0 unspecified atom stereocenters. The van der Waals surface area contributed by atoms with E-state index >= 15 is 0 Å². The number of thioether (sulfide) groups is 1. The minimum atomic E-state index is -2.54. The molecule has 1 aliphatic rings. The van der Waals surface area contributed by atoms with Crippen LogP contribution in [-0.4, -0.2) is 28.4 Å². The molecule has 3 rings (SSSR count). The summed E-state index contributed by atoms with van der Waals surface area (Å²) in [5.41, 5.74) is 2.44. The Hall–Kier alpha value is -1.64. The lowest BCUT2D eigenvalue weighted by molar-refractivity contribution is 0.102. The van der Waals surface area contributed by atoms with Crippen LogP contribution in [0.25, 0.3) is 0 Å². The van der Waals surface area contributed by atoms with Crippen molar-refractivity contribution in [2.24, 2.45) is 0 Å². The molecular formula is C14H15ClF2N4OS. The largest absolute Gasteiger partial charge is 0.320 e. The van der Waals surface area contributed by atoms with Crippen LogP contribution in [0.3, 0.4) is 0 Å². The summed E-state index contributed by atoms with van der Waals surface area (Å²) in [4.78, 5) is 12.7. The third-order valence-electron chi connectivity index (χ3n) is 3.37. The number of nitrogens with zero attached hydrogens (tertiary/aromatic N) is 1. The lowest BCUT2D eigenvalue weighted by atomic mass is 10.1. The second-order valence-electron chi connectivity index (χ2n) is 4.78. The average molecular weight is 361 g/mol. The smallest absolute Gasteiger partial charge is 0.288 e. The van der Waals surface area contributed by atoms with Gasteiger partial charge in [0.15, 0.2) is 5.69 Å². The van der Waals surface area contributed by atoms with Crippen LogP contribution >= 0.6 is 24.2 Å². The molecule has 1 aromatic carbocycles. The number of amides is 1. The van der Waals surface area contributed by atoms with Crippen LogP contribution in [0.5, 0.6) is 0 Å². The van der Waals surface area contributed by atoms with Gasteiger partial charge in [-0.25, -0.2) is 0 Å². The first-order chi connectivity index (χ1) is 10.6. The van der Waals surface area contributed by atoms with Crippen molar-refractivity contribution < 1.29 is 13.6 Å². The number of alkyl halides is 2. The molecule has 1 aromatic heterocycles. The molecule has 0 saturated carbocycles. The summed E-state index contributed by atoms with van der Waals surface area (Å²) in [5, 5.41) is 12.8. The van der Waals surface area contributed by atoms with E-state index in [1.807, 2.05) is 0 Å². The van der Waals surface area contributed by atoms with Crippen molar-refractivity contribution in [1.29, 1.82) is 0 Å². The predicted molar refractivity (Wildman–Crippen MR) is 87.5 cm³/mol. The standard InChI is InChI=1S/C14H14F2N4OS.ClH/c15-14(16)22-11-4-2-1-3-10(11)18-13(21)12-8-7-17-6-5-9(8)19-20-12;/h1-4,14,17H,5-7H2,(H,18,21)(H,19,20);1H. The number of hydrogen-bond donors (Lipinski definition) is 3. The molecule has 23 heavy (non-hydrogen) atoms. The Kier molecular flexibility index (Phi) is 5.97. The summed E-state index contributed by atoms with van der Waals surface area (Å²) >= 11 is 0.404. The number of hydrogen-bond acceptors (Lipinski definition) is 4. The Labute approximate surface area is 142 Å². The lowest BCUT2D eigenvalue weighted by Crippen LogP contribution is -2.25. The molecule has 124 valence electrons.